The van der Waals surface area contributed by atoms with Crippen LogP contribution in [0.25, 0.3) is 0 Å². The smallest absolute Gasteiger partial charge is 0.255 e. The minimum absolute atomic E-state index is 0.0248. The maximum Gasteiger partial charge on any atom is 0.255 e. The zero-order valence-corrected chi connectivity index (χ0v) is 13.3. The number of halogens is 2. The van der Waals surface area contributed by atoms with Crippen molar-refractivity contribution in [1.82, 2.24) is 5.32 Å². The van der Waals surface area contributed by atoms with Gasteiger partial charge in [-0.15, -0.1) is 0 Å². The first-order valence-corrected chi connectivity index (χ1v) is 7.41. The van der Waals surface area contributed by atoms with E-state index in [4.69, 9.17) is 0 Å². The molecule has 0 fully saturated rings. The molecule has 0 bridgehead atoms. The lowest BCUT2D eigenvalue weighted by atomic mass is 10.2. The van der Waals surface area contributed by atoms with Gasteiger partial charge in [-0.25, -0.2) is 0 Å². The van der Waals surface area contributed by atoms with Crippen LogP contribution < -0.4 is 5.32 Å². The van der Waals surface area contributed by atoms with Crippen LogP contribution in [-0.2, 0) is 0 Å². The van der Waals surface area contributed by atoms with Crippen molar-refractivity contribution in [3.05, 3.63) is 27.3 Å². The fourth-order valence-corrected chi connectivity index (χ4v) is 2.19. The molecule has 0 aromatic heterocycles. The number of aromatic hydroxyl groups is 1. The fourth-order valence-electron chi connectivity index (χ4n) is 1.37. The SMILES string of the molecule is CC(Br)CCCNC(=O)c1cc(I)ccc1O. The number of alkyl halides is 1. The summed E-state index contributed by atoms with van der Waals surface area (Å²) in [5.74, 6) is -0.194. The van der Waals surface area contributed by atoms with Gasteiger partial charge in [0.25, 0.3) is 5.91 Å². The Morgan fingerprint density at radius 2 is 2.29 bits per heavy atom. The van der Waals surface area contributed by atoms with Crippen molar-refractivity contribution in [3.63, 3.8) is 0 Å². The summed E-state index contributed by atoms with van der Waals surface area (Å²) in [6.07, 6.45) is 1.93. The Kier molecular flexibility index (Phi) is 6.26. The monoisotopic (exact) mass is 411 g/mol. The summed E-state index contributed by atoms with van der Waals surface area (Å²) in [6, 6.07) is 4.98. The van der Waals surface area contributed by atoms with Gasteiger partial charge in [0, 0.05) is 14.9 Å². The molecule has 1 atom stereocenters. The highest BCUT2D eigenvalue weighted by Crippen LogP contribution is 2.19. The zero-order chi connectivity index (χ0) is 12.8. The van der Waals surface area contributed by atoms with E-state index in [-0.39, 0.29) is 11.7 Å². The minimum atomic E-state index is -0.219. The van der Waals surface area contributed by atoms with Gasteiger partial charge in [-0.2, -0.15) is 0 Å². The highest BCUT2D eigenvalue weighted by molar-refractivity contribution is 14.1. The zero-order valence-electron chi connectivity index (χ0n) is 9.54. The number of carbonyl (C=O) groups excluding carboxylic acids is 1. The lowest BCUT2D eigenvalue weighted by molar-refractivity contribution is 0.0950. The van der Waals surface area contributed by atoms with Crippen LogP contribution in [0.1, 0.15) is 30.1 Å². The number of benzene rings is 1. The second-order valence-electron chi connectivity index (χ2n) is 3.84. The molecule has 1 rings (SSSR count). The first-order valence-electron chi connectivity index (χ1n) is 5.41. The molecule has 3 nitrogen and oxygen atoms in total. The van der Waals surface area contributed by atoms with Crippen LogP contribution in [0.2, 0.25) is 0 Å². The molecule has 0 spiro atoms. The van der Waals surface area contributed by atoms with Crippen molar-refractivity contribution in [2.45, 2.75) is 24.6 Å². The summed E-state index contributed by atoms with van der Waals surface area (Å²) in [5, 5.41) is 12.4. The maximum atomic E-state index is 11.8. The van der Waals surface area contributed by atoms with Crippen LogP contribution in [0, 0.1) is 3.57 Å². The van der Waals surface area contributed by atoms with Crippen molar-refractivity contribution < 1.29 is 9.90 Å². The molecule has 1 amide bonds. The second kappa shape index (κ2) is 7.20. The van der Waals surface area contributed by atoms with Gasteiger partial charge in [0.1, 0.15) is 5.75 Å². The summed E-state index contributed by atoms with van der Waals surface area (Å²) >= 11 is 5.57. The van der Waals surface area contributed by atoms with E-state index in [1.165, 1.54) is 6.07 Å². The predicted octanol–water partition coefficient (Wildman–Crippen LogP) is 3.29. The molecule has 1 unspecified atom stereocenters. The van der Waals surface area contributed by atoms with Gasteiger partial charge in [0.2, 0.25) is 0 Å². The van der Waals surface area contributed by atoms with Crippen LogP contribution in [0.4, 0.5) is 0 Å². The third-order valence-corrected chi connectivity index (χ3v) is 3.40. The van der Waals surface area contributed by atoms with Crippen molar-refractivity contribution in [2.24, 2.45) is 0 Å². The van der Waals surface area contributed by atoms with E-state index in [9.17, 15) is 9.90 Å². The second-order valence-corrected chi connectivity index (χ2v) is 6.65. The molecule has 0 aliphatic carbocycles. The summed E-state index contributed by atoms with van der Waals surface area (Å²) in [6.45, 7) is 2.70. The molecular formula is C12H15BrINO2. The van der Waals surface area contributed by atoms with Crippen molar-refractivity contribution >= 4 is 44.4 Å². The summed E-state index contributed by atoms with van der Waals surface area (Å²) in [5.41, 5.74) is 0.337. The highest BCUT2D eigenvalue weighted by Gasteiger charge is 2.10. The molecule has 2 N–H and O–H groups in total. The first kappa shape index (κ1) is 14.8. The standard InChI is InChI=1S/C12H15BrINO2/c1-8(13)3-2-6-15-12(17)10-7-9(14)4-5-11(10)16/h4-5,7-8,16H,2-3,6H2,1H3,(H,15,17). The van der Waals surface area contributed by atoms with Crippen molar-refractivity contribution in [3.8, 4) is 5.75 Å². The molecule has 94 valence electrons. The lowest BCUT2D eigenvalue weighted by Gasteiger charge is -2.08. The normalized spacial score (nSPS) is 12.2. The van der Waals surface area contributed by atoms with E-state index in [1.54, 1.807) is 12.1 Å². The van der Waals surface area contributed by atoms with E-state index in [1.807, 2.05) is 0 Å². The number of hydrogen-bond acceptors (Lipinski definition) is 2. The van der Waals surface area contributed by atoms with Crippen LogP contribution in [0.5, 0.6) is 5.75 Å². The third-order valence-electron chi connectivity index (χ3n) is 2.27. The number of hydrogen-bond donors (Lipinski definition) is 2. The van der Waals surface area contributed by atoms with Gasteiger partial charge in [-0.3, -0.25) is 4.79 Å². The quantitative estimate of drug-likeness (QED) is 0.443. The highest BCUT2D eigenvalue weighted by atomic mass is 127. The Labute approximate surface area is 123 Å². The van der Waals surface area contributed by atoms with Gasteiger partial charge >= 0.3 is 0 Å². The topological polar surface area (TPSA) is 49.3 Å². The molecule has 1 aromatic rings. The van der Waals surface area contributed by atoms with Gasteiger partial charge < -0.3 is 10.4 Å². The van der Waals surface area contributed by atoms with Crippen molar-refractivity contribution in [1.29, 1.82) is 0 Å². The Balaban J connectivity index is 2.49. The lowest BCUT2D eigenvalue weighted by Crippen LogP contribution is -2.24. The Morgan fingerprint density at radius 1 is 1.59 bits per heavy atom. The molecule has 5 heteroatoms. The molecule has 0 radical (unpaired) electrons. The average molecular weight is 412 g/mol. The molecule has 0 saturated heterocycles. The number of nitrogens with one attached hydrogen (secondary N) is 1. The summed E-state index contributed by atoms with van der Waals surface area (Å²) in [7, 11) is 0. The largest absolute Gasteiger partial charge is 0.507 e. The molecule has 0 aliphatic heterocycles. The molecule has 17 heavy (non-hydrogen) atoms. The number of rotatable bonds is 5. The Bertz CT molecular complexity index is 396. The Hall–Kier alpha value is -0.300. The summed E-state index contributed by atoms with van der Waals surface area (Å²) < 4.78 is 0.930. The number of carbonyl (C=O) groups is 1. The van der Waals surface area contributed by atoms with Gasteiger partial charge in [0.15, 0.2) is 0 Å². The van der Waals surface area contributed by atoms with E-state index >= 15 is 0 Å². The average Bonchev–Trinajstić information content (AvgIpc) is 2.27. The molecular weight excluding hydrogens is 397 g/mol. The van der Waals surface area contributed by atoms with Crippen LogP contribution >= 0.6 is 38.5 Å². The molecule has 0 heterocycles. The van der Waals surface area contributed by atoms with Crippen LogP contribution in [-0.4, -0.2) is 22.4 Å². The van der Waals surface area contributed by atoms with Crippen molar-refractivity contribution in [2.75, 3.05) is 6.54 Å². The Morgan fingerprint density at radius 3 is 2.94 bits per heavy atom. The van der Waals surface area contributed by atoms with Gasteiger partial charge in [-0.1, -0.05) is 22.9 Å². The third kappa shape index (κ3) is 5.25. The van der Waals surface area contributed by atoms with E-state index in [0.717, 1.165) is 16.4 Å². The van der Waals surface area contributed by atoms with Gasteiger partial charge in [0.05, 0.1) is 5.56 Å². The van der Waals surface area contributed by atoms with Crippen LogP contribution in [0.3, 0.4) is 0 Å². The number of phenols is 1. The molecule has 1 aromatic carbocycles. The van der Waals surface area contributed by atoms with E-state index in [0.29, 0.717) is 16.9 Å². The summed E-state index contributed by atoms with van der Waals surface area (Å²) in [4.78, 5) is 12.2. The number of amides is 1. The predicted molar refractivity (Wildman–Crippen MR) is 80.8 cm³/mol. The van der Waals surface area contributed by atoms with E-state index in [2.05, 4.69) is 50.8 Å². The first-order chi connectivity index (χ1) is 8.00. The minimum Gasteiger partial charge on any atom is -0.507 e. The fraction of sp³-hybridized carbons (Fsp3) is 0.417. The van der Waals surface area contributed by atoms with E-state index < -0.39 is 0 Å². The van der Waals surface area contributed by atoms with Crippen LogP contribution in [0.15, 0.2) is 18.2 Å². The maximum absolute atomic E-state index is 11.8. The van der Waals surface area contributed by atoms with Gasteiger partial charge in [-0.05, 0) is 53.6 Å². The number of phenolic OH excluding ortho intramolecular Hbond substituents is 1. The molecule has 0 aliphatic rings. The molecule has 0 saturated carbocycles.